The molecular weight excluding hydrogens is 268 g/mol. The van der Waals surface area contributed by atoms with Gasteiger partial charge in [0.1, 0.15) is 5.75 Å². The molecule has 0 heterocycles. The normalized spacial score (nSPS) is 11.5. The van der Waals surface area contributed by atoms with E-state index in [1.165, 1.54) is 12.1 Å². The number of ether oxygens (including phenoxy) is 2. The molecule has 108 valence electrons. The van der Waals surface area contributed by atoms with Crippen LogP contribution < -0.4 is 15.2 Å². The maximum Gasteiger partial charge on any atom is 0.240 e. The van der Waals surface area contributed by atoms with Crippen LogP contribution in [0.2, 0.25) is 0 Å². The summed E-state index contributed by atoms with van der Waals surface area (Å²) in [6.07, 6.45) is 0. The van der Waals surface area contributed by atoms with Crippen molar-refractivity contribution >= 4 is 10.0 Å². The molecule has 1 aromatic carbocycles. The number of hydrogen-bond acceptors (Lipinski definition) is 5. The number of rotatable bonds is 9. The van der Waals surface area contributed by atoms with Crippen LogP contribution in [-0.4, -0.2) is 41.3 Å². The molecule has 3 N–H and O–H groups in total. The van der Waals surface area contributed by atoms with Crippen molar-refractivity contribution in [1.29, 1.82) is 0 Å². The van der Waals surface area contributed by atoms with Gasteiger partial charge in [-0.05, 0) is 31.2 Å². The van der Waals surface area contributed by atoms with Gasteiger partial charge in [0.15, 0.2) is 0 Å². The van der Waals surface area contributed by atoms with Crippen molar-refractivity contribution in [3.63, 3.8) is 0 Å². The zero-order valence-electron chi connectivity index (χ0n) is 11.0. The first-order valence-electron chi connectivity index (χ1n) is 6.10. The van der Waals surface area contributed by atoms with Crippen LogP contribution in [0.5, 0.6) is 5.75 Å². The molecular formula is C12H20N2O4S. The predicted molar refractivity (Wildman–Crippen MR) is 72.7 cm³/mol. The van der Waals surface area contributed by atoms with E-state index in [1.54, 1.807) is 12.1 Å². The van der Waals surface area contributed by atoms with E-state index in [4.69, 9.17) is 15.2 Å². The second-order valence-corrected chi connectivity index (χ2v) is 5.47. The Bertz CT molecular complexity index is 459. The Labute approximate surface area is 113 Å². The molecule has 0 spiro atoms. The topological polar surface area (TPSA) is 90.7 Å². The van der Waals surface area contributed by atoms with Gasteiger partial charge in [-0.3, -0.25) is 0 Å². The first-order chi connectivity index (χ1) is 9.10. The van der Waals surface area contributed by atoms with Gasteiger partial charge in [0.25, 0.3) is 0 Å². The average Bonchev–Trinajstić information content (AvgIpc) is 2.39. The Morgan fingerprint density at radius 3 is 2.47 bits per heavy atom. The molecule has 0 bridgehead atoms. The van der Waals surface area contributed by atoms with Crippen LogP contribution in [0.15, 0.2) is 29.2 Å². The van der Waals surface area contributed by atoms with Gasteiger partial charge in [0, 0.05) is 13.1 Å². The van der Waals surface area contributed by atoms with Crippen molar-refractivity contribution in [2.24, 2.45) is 5.73 Å². The summed E-state index contributed by atoms with van der Waals surface area (Å²) in [6.45, 7) is 3.77. The molecule has 0 saturated heterocycles. The largest absolute Gasteiger partial charge is 0.494 e. The highest BCUT2D eigenvalue weighted by Crippen LogP contribution is 2.15. The van der Waals surface area contributed by atoms with Gasteiger partial charge in [-0.1, -0.05) is 0 Å². The monoisotopic (exact) mass is 288 g/mol. The van der Waals surface area contributed by atoms with E-state index in [0.29, 0.717) is 32.1 Å². The molecule has 19 heavy (non-hydrogen) atoms. The first kappa shape index (κ1) is 15.9. The molecule has 0 aliphatic rings. The zero-order chi connectivity index (χ0) is 14.1. The Hall–Kier alpha value is -1.15. The predicted octanol–water partition coefficient (Wildman–Crippen LogP) is 0.339. The summed E-state index contributed by atoms with van der Waals surface area (Å²) in [5.41, 5.74) is 5.25. The molecule has 0 atom stereocenters. The van der Waals surface area contributed by atoms with Crippen LogP contribution in [0, 0.1) is 0 Å². The maximum absolute atomic E-state index is 11.9. The molecule has 0 aliphatic heterocycles. The molecule has 0 radical (unpaired) electrons. The summed E-state index contributed by atoms with van der Waals surface area (Å²) in [7, 11) is -3.50. The number of nitrogens with two attached hydrogens (primary N) is 1. The maximum atomic E-state index is 11.9. The smallest absolute Gasteiger partial charge is 0.240 e. The summed E-state index contributed by atoms with van der Waals surface area (Å²) >= 11 is 0. The molecule has 0 unspecified atom stereocenters. The third-order valence-corrected chi connectivity index (χ3v) is 3.72. The second-order valence-electron chi connectivity index (χ2n) is 3.70. The van der Waals surface area contributed by atoms with Crippen LogP contribution in [0.4, 0.5) is 0 Å². The van der Waals surface area contributed by atoms with Gasteiger partial charge in [-0.25, -0.2) is 13.1 Å². The van der Waals surface area contributed by atoms with E-state index < -0.39 is 10.0 Å². The second kappa shape index (κ2) is 8.11. The first-order valence-corrected chi connectivity index (χ1v) is 7.59. The van der Waals surface area contributed by atoms with Crippen LogP contribution in [0.3, 0.4) is 0 Å². The molecule has 7 heteroatoms. The van der Waals surface area contributed by atoms with E-state index in [1.807, 2.05) is 6.92 Å². The molecule has 1 aromatic rings. The SMILES string of the molecule is CCOc1ccc(S(=O)(=O)NCCOCCN)cc1. The zero-order valence-corrected chi connectivity index (χ0v) is 11.8. The fraction of sp³-hybridized carbons (Fsp3) is 0.500. The molecule has 0 saturated carbocycles. The van der Waals surface area contributed by atoms with E-state index in [9.17, 15) is 8.42 Å². The summed E-state index contributed by atoms with van der Waals surface area (Å²) in [6, 6.07) is 6.27. The minimum absolute atomic E-state index is 0.203. The van der Waals surface area contributed by atoms with Crippen molar-refractivity contribution in [1.82, 2.24) is 4.72 Å². The van der Waals surface area contributed by atoms with Gasteiger partial charge < -0.3 is 15.2 Å². The van der Waals surface area contributed by atoms with Crippen molar-refractivity contribution in [2.45, 2.75) is 11.8 Å². The summed E-state index contributed by atoms with van der Waals surface area (Å²) in [5.74, 6) is 0.646. The molecule has 0 amide bonds. The average molecular weight is 288 g/mol. The quantitative estimate of drug-likeness (QED) is 0.639. The van der Waals surface area contributed by atoms with Crippen molar-refractivity contribution in [3.05, 3.63) is 24.3 Å². The minimum Gasteiger partial charge on any atom is -0.494 e. The third-order valence-electron chi connectivity index (χ3n) is 2.25. The Morgan fingerprint density at radius 1 is 1.21 bits per heavy atom. The fourth-order valence-electron chi connectivity index (χ4n) is 1.40. The lowest BCUT2D eigenvalue weighted by molar-refractivity contribution is 0.147. The highest BCUT2D eigenvalue weighted by Gasteiger charge is 2.12. The number of benzene rings is 1. The molecule has 6 nitrogen and oxygen atoms in total. The molecule has 0 fully saturated rings. The Morgan fingerprint density at radius 2 is 1.89 bits per heavy atom. The lowest BCUT2D eigenvalue weighted by Gasteiger charge is -2.08. The summed E-state index contributed by atoms with van der Waals surface area (Å²) in [5, 5.41) is 0. The van der Waals surface area contributed by atoms with Gasteiger partial charge in [0.05, 0.1) is 24.7 Å². The van der Waals surface area contributed by atoms with E-state index in [0.717, 1.165) is 0 Å². The highest BCUT2D eigenvalue weighted by molar-refractivity contribution is 7.89. The number of sulfonamides is 1. The van der Waals surface area contributed by atoms with Crippen molar-refractivity contribution < 1.29 is 17.9 Å². The molecule has 1 rings (SSSR count). The van der Waals surface area contributed by atoms with Crippen molar-refractivity contribution in [3.8, 4) is 5.75 Å². The molecule has 0 aliphatic carbocycles. The minimum atomic E-state index is -3.50. The van der Waals surface area contributed by atoms with Crippen molar-refractivity contribution in [2.75, 3.05) is 32.9 Å². The van der Waals surface area contributed by atoms with Crippen LogP contribution in [0.1, 0.15) is 6.92 Å². The fourth-order valence-corrected chi connectivity index (χ4v) is 2.41. The van der Waals surface area contributed by atoms with E-state index in [-0.39, 0.29) is 11.4 Å². The Kier molecular flexibility index (Phi) is 6.79. The lowest BCUT2D eigenvalue weighted by atomic mass is 10.3. The Balaban J connectivity index is 2.52. The van der Waals surface area contributed by atoms with Gasteiger partial charge in [-0.2, -0.15) is 0 Å². The lowest BCUT2D eigenvalue weighted by Crippen LogP contribution is -2.28. The highest BCUT2D eigenvalue weighted by atomic mass is 32.2. The standard InChI is InChI=1S/C12H20N2O4S/c1-2-18-11-3-5-12(6-4-11)19(15,16)14-8-10-17-9-7-13/h3-6,14H,2,7-10,13H2,1H3. The van der Waals surface area contributed by atoms with Crippen LogP contribution in [0.25, 0.3) is 0 Å². The number of nitrogens with one attached hydrogen (secondary N) is 1. The van der Waals surface area contributed by atoms with Gasteiger partial charge in [-0.15, -0.1) is 0 Å². The summed E-state index contributed by atoms with van der Waals surface area (Å²) in [4.78, 5) is 0.203. The van der Waals surface area contributed by atoms with Gasteiger partial charge in [0.2, 0.25) is 10.0 Å². The van der Waals surface area contributed by atoms with E-state index >= 15 is 0 Å². The van der Waals surface area contributed by atoms with Crippen LogP contribution in [-0.2, 0) is 14.8 Å². The van der Waals surface area contributed by atoms with Gasteiger partial charge >= 0.3 is 0 Å². The third kappa shape index (κ3) is 5.56. The van der Waals surface area contributed by atoms with E-state index in [2.05, 4.69) is 4.72 Å². The number of hydrogen-bond donors (Lipinski definition) is 2. The molecule has 0 aromatic heterocycles. The summed E-state index contributed by atoms with van der Waals surface area (Å²) < 4.78 is 36.6. The van der Waals surface area contributed by atoms with Crippen LogP contribution >= 0.6 is 0 Å².